The van der Waals surface area contributed by atoms with E-state index in [9.17, 15) is 39.0 Å². The molecule has 1 spiro atoms. The molecular weight excluding hydrogens is 673 g/mol. The molecule has 1 saturated heterocycles. The second-order valence-electron chi connectivity index (χ2n) is 12.7. The van der Waals surface area contributed by atoms with E-state index in [0.29, 0.717) is 52.8 Å². The van der Waals surface area contributed by atoms with Crippen molar-refractivity contribution in [1.82, 2.24) is 0 Å². The molecule has 2 aliphatic carbocycles. The summed E-state index contributed by atoms with van der Waals surface area (Å²) in [5.74, 6) is -4.13. The van der Waals surface area contributed by atoms with Crippen molar-refractivity contribution in [3.8, 4) is 0 Å². The van der Waals surface area contributed by atoms with Crippen LogP contribution in [-0.4, -0.2) is 58.1 Å². The van der Waals surface area contributed by atoms with Gasteiger partial charge in [0.2, 0.25) is 0 Å². The first-order chi connectivity index (χ1) is 23.0. The van der Waals surface area contributed by atoms with Crippen LogP contribution in [-0.2, 0) is 44.5 Å². The van der Waals surface area contributed by atoms with Gasteiger partial charge >= 0.3 is 5.54 Å². The predicted molar refractivity (Wildman–Crippen MR) is 182 cm³/mol. The molecule has 0 saturated carbocycles. The number of ether oxygens (including phenoxy) is 1. The molecular formula is C37H35Cl2NO9. The fourth-order valence-corrected chi connectivity index (χ4v) is 6.82. The van der Waals surface area contributed by atoms with Gasteiger partial charge in [-0.1, -0.05) is 36.2 Å². The second-order valence-corrected chi connectivity index (χ2v) is 13.5. The van der Waals surface area contributed by atoms with Gasteiger partial charge in [-0.05, 0) is 62.6 Å². The lowest BCUT2D eigenvalue weighted by molar-refractivity contribution is -0.130. The van der Waals surface area contributed by atoms with Crippen LogP contribution in [0.2, 0.25) is 10.0 Å². The highest BCUT2D eigenvalue weighted by atomic mass is 35.5. The fraction of sp³-hybridized carbons (Fsp3) is 0.378. The topological polar surface area (TPSA) is 156 Å². The minimum Gasteiger partial charge on any atom is -0.506 e. The monoisotopic (exact) mass is 707 g/mol. The van der Waals surface area contributed by atoms with Crippen LogP contribution in [0, 0.1) is 12.5 Å². The van der Waals surface area contributed by atoms with E-state index in [1.165, 1.54) is 39.0 Å². The largest absolute Gasteiger partial charge is 0.506 e. The van der Waals surface area contributed by atoms with E-state index in [4.69, 9.17) is 34.5 Å². The SMILES string of the molecule is CC(=O)CC(C)C(=O)C1=C(O)c2cc(Cl)ccc2C2(CCOCC2)C1=O.[C-]#[N+][C@@]1(C)C(=O)C(C(=O)CCC(C)=O)=C(O)c2cc(Cl)ccc21. The number of carbonyl (C=O) groups is 6. The summed E-state index contributed by atoms with van der Waals surface area (Å²) in [6, 6.07) is 9.45. The first-order valence-electron chi connectivity index (χ1n) is 15.6. The summed E-state index contributed by atoms with van der Waals surface area (Å²) in [5, 5.41) is 21.8. The van der Waals surface area contributed by atoms with Crippen LogP contribution in [0.5, 0.6) is 0 Å². The number of halogens is 2. The second kappa shape index (κ2) is 14.6. The maximum Gasteiger partial charge on any atom is 0.317 e. The smallest absolute Gasteiger partial charge is 0.317 e. The van der Waals surface area contributed by atoms with E-state index < -0.39 is 45.6 Å². The number of hydrogen-bond donors (Lipinski definition) is 2. The van der Waals surface area contributed by atoms with Crippen molar-refractivity contribution in [3.05, 3.63) is 91.3 Å². The number of aliphatic hydroxyl groups is 2. The molecule has 49 heavy (non-hydrogen) atoms. The standard InChI is InChI=1S/C20H21ClO5.C17H14ClNO4/c1-11(9-12(2)22)17(23)16-18(24)14-10-13(21)3-4-15(14)20(19(16)25)5-7-26-8-6-20;1-9(20)4-7-13(21)14-15(22)11-8-10(18)5-6-12(11)17(2,19-3)16(14)23/h3-4,10-11,24H,5-9H2,1-2H3;5-6,8,22H,4,7H2,1-2H3/t;17-/m.1/s1. The van der Waals surface area contributed by atoms with Crippen LogP contribution >= 0.6 is 23.2 Å². The zero-order valence-corrected chi connectivity index (χ0v) is 29.0. The summed E-state index contributed by atoms with van der Waals surface area (Å²) in [6.07, 6.45) is 0.684. The van der Waals surface area contributed by atoms with Crippen molar-refractivity contribution in [2.75, 3.05) is 13.2 Å². The van der Waals surface area contributed by atoms with Crippen molar-refractivity contribution < 1.29 is 43.7 Å². The number of allylic oxidation sites excluding steroid dienone is 1. The van der Waals surface area contributed by atoms with E-state index in [1.54, 1.807) is 25.1 Å². The van der Waals surface area contributed by atoms with Crippen molar-refractivity contribution in [1.29, 1.82) is 0 Å². The summed E-state index contributed by atoms with van der Waals surface area (Å²) in [7, 11) is 0. The zero-order chi connectivity index (χ0) is 36.4. The molecule has 1 unspecified atom stereocenters. The van der Waals surface area contributed by atoms with Gasteiger partial charge in [0.15, 0.2) is 17.3 Å². The summed E-state index contributed by atoms with van der Waals surface area (Å²) >= 11 is 12.0. The molecule has 0 radical (unpaired) electrons. The number of Topliss-reactive ketones (excluding diaryl/α,β-unsaturated/α-hetero) is 6. The Morgan fingerprint density at radius 2 is 1.39 bits per heavy atom. The molecule has 0 bridgehead atoms. The van der Waals surface area contributed by atoms with Gasteiger partial charge in [-0.25, -0.2) is 6.57 Å². The third-order valence-electron chi connectivity index (χ3n) is 9.16. The Bertz CT molecular complexity index is 1890. The molecule has 2 N–H and O–H groups in total. The van der Waals surface area contributed by atoms with Gasteiger partial charge in [0.1, 0.15) is 34.2 Å². The Labute approximate surface area is 293 Å². The van der Waals surface area contributed by atoms with Crippen LogP contribution < -0.4 is 0 Å². The van der Waals surface area contributed by atoms with Crippen LogP contribution in [0.4, 0.5) is 0 Å². The summed E-state index contributed by atoms with van der Waals surface area (Å²) in [4.78, 5) is 77.1. The number of fused-ring (bicyclic) bond motifs is 3. The highest BCUT2D eigenvalue weighted by molar-refractivity contribution is 6.33. The first-order valence-corrected chi connectivity index (χ1v) is 16.3. The third-order valence-corrected chi connectivity index (χ3v) is 9.63. The molecule has 0 amide bonds. The molecule has 0 aromatic heterocycles. The molecule has 1 fully saturated rings. The minimum atomic E-state index is -1.60. The third kappa shape index (κ3) is 7.02. The zero-order valence-electron chi connectivity index (χ0n) is 27.4. The minimum absolute atomic E-state index is 0.0277. The number of rotatable bonds is 8. The Morgan fingerprint density at radius 1 is 0.857 bits per heavy atom. The van der Waals surface area contributed by atoms with E-state index in [-0.39, 0.29) is 53.5 Å². The van der Waals surface area contributed by atoms with Crippen LogP contribution in [0.1, 0.15) is 82.1 Å². The van der Waals surface area contributed by atoms with Gasteiger partial charge in [0.25, 0.3) is 5.78 Å². The van der Waals surface area contributed by atoms with Crippen molar-refractivity contribution in [2.24, 2.45) is 5.92 Å². The lowest BCUT2D eigenvalue weighted by Gasteiger charge is -2.40. The average molecular weight is 709 g/mol. The average Bonchev–Trinajstić information content (AvgIpc) is 3.06. The molecule has 1 aliphatic heterocycles. The first kappa shape index (κ1) is 37.4. The van der Waals surface area contributed by atoms with Crippen molar-refractivity contribution in [3.63, 3.8) is 0 Å². The van der Waals surface area contributed by atoms with Gasteiger partial charge in [-0.3, -0.25) is 24.0 Å². The molecule has 2 atom stereocenters. The number of hydrogen-bond acceptors (Lipinski definition) is 9. The van der Waals surface area contributed by atoms with Crippen LogP contribution in [0.15, 0.2) is 47.5 Å². The van der Waals surface area contributed by atoms with Gasteiger partial charge in [-0.15, -0.1) is 0 Å². The van der Waals surface area contributed by atoms with E-state index >= 15 is 0 Å². The predicted octanol–water partition coefficient (Wildman–Crippen LogP) is 6.69. The van der Waals surface area contributed by atoms with Gasteiger partial charge in [0.05, 0.1) is 11.0 Å². The lowest BCUT2D eigenvalue weighted by atomic mass is 9.63. The lowest BCUT2D eigenvalue weighted by Crippen LogP contribution is -2.47. The summed E-state index contributed by atoms with van der Waals surface area (Å²) in [6.45, 7) is 13.9. The molecule has 256 valence electrons. The van der Waals surface area contributed by atoms with E-state index in [0.717, 1.165) is 0 Å². The van der Waals surface area contributed by atoms with Crippen LogP contribution in [0.25, 0.3) is 16.4 Å². The Hall–Kier alpha value is -4.43. The number of ketones is 6. The summed E-state index contributed by atoms with van der Waals surface area (Å²) in [5.41, 5.74) is -1.54. The molecule has 10 nitrogen and oxygen atoms in total. The molecule has 12 heteroatoms. The van der Waals surface area contributed by atoms with Gasteiger partial charge < -0.3 is 24.5 Å². The number of nitrogens with zero attached hydrogens (tertiary/aromatic N) is 1. The molecule has 5 rings (SSSR count). The van der Waals surface area contributed by atoms with Gasteiger partial charge in [-0.2, -0.15) is 0 Å². The van der Waals surface area contributed by atoms with E-state index in [1.807, 2.05) is 0 Å². The highest BCUT2D eigenvalue weighted by Crippen LogP contribution is 2.47. The van der Waals surface area contributed by atoms with E-state index in [2.05, 4.69) is 4.85 Å². The Kier molecular flexibility index (Phi) is 11.1. The number of aliphatic hydroxyl groups excluding tert-OH is 2. The Balaban J connectivity index is 0.000000223. The number of benzene rings is 2. The molecule has 2 aromatic rings. The molecule has 2 aromatic carbocycles. The maximum absolute atomic E-state index is 13.4. The number of carbonyl (C=O) groups excluding carboxylic acids is 6. The van der Waals surface area contributed by atoms with Crippen molar-refractivity contribution >= 4 is 69.4 Å². The maximum atomic E-state index is 13.4. The quantitative estimate of drug-likeness (QED) is 0.225. The van der Waals surface area contributed by atoms with Crippen LogP contribution in [0.3, 0.4) is 0 Å². The van der Waals surface area contributed by atoms with Crippen molar-refractivity contribution in [2.45, 2.75) is 70.8 Å². The molecule has 1 heterocycles. The van der Waals surface area contributed by atoms with Gasteiger partial charge in [0, 0.05) is 66.5 Å². The highest BCUT2D eigenvalue weighted by Gasteiger charge is 2.52. The summed E-state index contributed by atoms with van der Waals surface area (Å²) < 4.78 is 5.42. The Morgan fingerprint density at radius 3 is 1.92 bits per heavy atom. The molecule has 3 aliphatic rings. The normalized spacial score (nSPS) is 20.0. The fourth-order valence-electron chi connectivity index (χ4n) is 6.48.